The summed E-state index contributed by atoms with van der Waals surface area (Å²) < 4.78 is 103. The zero-order valence-corrected chi connectivity index (χ0v) is 45.2. The van der Waals surface area contributed by atoms with Crippen molar-refractivity contribution in [3.05, 3.63) is 82.6 Å². The van der Waals surface area contributed by atoms with Gasteiger partial charge in [-0.3, -0.25) is 84.5 Å². The SMILES string of the molecule is Cc1cn([C@H]2C[C@H](OP(=O)(O)OC[C@H]3O[C@@H](n4cnc5c(=O)[nH]c(N)nc54)C[C@@H]3OP(=O)(O)OC[C@H]3O[C@@H](n4cnc5c(=O)[nH]c(N)nc54)C[C@@H]3OP(=O)(O)OC[C@H]3O[C@@H](n4cnc5c(=O)[nH]c(N)nc54)C[C@@H]3O)[C@@H](CO)O2)c(=O)[nH]c1=O. The fourth-order valence-corrected chi connectivity index (χ4v) is 12.7. The zero-order chi connectivity index (χ0) is 59.0. The third kappa shape index (κ3) is 12.0. The number of nitrogens with one attached hydrogen (secondary N) is 4. The van der Waals surface area contributed by atoms with Gasteiger partial charge in [0.1, 0.15) is 67.6 Å². The molecule has 7 aromatic heterocycles. The quantitative estimate of drug-likeness (QED) is 0.0338. The van der Waals surface area contributed by atoms with Gasteiger partial charge in [-0.05, 0) is 6.92 Å². The molecule has 11 heterocycles. The molecule has 0 aromatic carbocycles. The first-order valence-corrected chi connectivity index (χ1v) is 29.2. The fraction of sp³-hybridized carbons (Fsp3) is 0.525. The number of nitrogens with zero attached hydrogens (tertiary/aromatic N) is 10. The van der Waals surface area contributed by atoms with E-state index >= 15 is 0 Å². The number of imidazole rings is 3. The van der Waals surface area contributed by atoms with Crippen LogP contribution in [0.5, 0.6) is 0 Å². The number of nitrogen functional groups attached to an aromatic ring is 3. The number of rotatable bonds is 20. The van der Waals surface area contributed by atoms with Gasteiger partial charge in [-0.1, -0.05) is 0 Å². The van der Waals surface area contributed by atoms with Gasteiger partial charge in [-0.25, -0.2) is 33.4 Å². The van der Waals surface area contributed by atoms with Crippen LogP contribution < -0.4 is 45.1 Å². The number of fused-ring (bicyclic) bond motifs is 3. The lowest BCUT2D eigenvalue weighted by Crippen LogP contribution is -2.33. The lowest BCUT2D eigenvalue weighted by molar-refractivity contribution is -0.0623. The van der Waals surface area contributed by atoms with Gasteiger partial charge in [-0.15, -0.1) is 0 Å². The van der Waals surface area contributed by atoms with Gasteiger partial charge in [0.25, 0.3) is 22.2 Å². The van der Waals surface area contributed by atoms with Crippen LogP contribution >= 0.6 is 23.5 Å². The lowest BCUT2D eigenvalue weighted by Gasteiger charge is -2.25. The topological polar surface area (TPSA) is 568 Å². The minimum Gasteiger partial charge on any atom is -0.394 e. The van der Waals surface area contributed by atoms with Crippen molar-refractivity contribution in [3.8, 4) is 0 Å². The molecular weight excluding hydrogens is 1180 g/mol. The molecule has 4 saturated heterocycles. The smallest absolute Gasteiger partial charge is 0.394 e. The number of phosphoric ester groups is 3. The Hall–Kier alpha value is -6.78. The van der Waals surface area contributed by atoms with Gasteiger partial charge in [0.15, 0.2) is 33.5 Å². The van der Waals surface area contributed by atoms with E-state index in [0.717, 1.165) is 17.2 Å². The summed E-state index contributed by atoms with van der Waals surface area (Å²) in [4.78, 5) is 129. The maximum Gasteiger partial charge on any atom is 0.472 e. The molecule has 83 heavy (non-hydrogen) atoms. The van der Waals surface area contributed by atoms with Crippen molar-refractivity contribution in [2.75, 3.05) is 43.6 Å². The van der Waals surface area contributed by atoms with Crippen LogP contribution in [0.25, 0.3) is 33.5 Å². The van der Waals surface area contributed by atoms with Crippen molar-refractivity contribution in [2.24, 2.45) is 0 Å². The Morgan fingerprint density at radius 3 is 1.30 bits per heavy atom. The molecule has 4 fully saturated rings. The molecule has 11 rings (SSSR count). The van der Waals surface area contributed by atoms with Crippen molar-refractivity contribution in [2.45, 2.75) is 106 Å². The van der Waals surface area contributed by atoms with E-state index in [2.05, 4.69) is 49.8 Å². The van der Waals surface area contributed by atoms with E-state index in [9.17, 15) is 62.6 Å². The van der Waals surface area contributed by atoms with E-state index < -0.39 is 158 Å². The molecule has 40 nitrogen and oxygen atoms in total. The monoisotopic (exact) mass is 1230 g/mol. The number of nitrogens with two attached hydrogens (primary N) is 3. The Morgan fingerprint density at radius 2 is 0.892 bits per heavy atom. The number of aliphatic hydroxyl groups is 2. The zero-order valence-electron chi connectivity index (χ0n) is 42.5. The molecule has 0 saturated carbocycles. The van der Waals surface area contributed by atoms with E-state index in [1.165, 1.54) is 33.1 Å². The number of aromatic amines is 4. The Kier molecular flexibility index (Phi) is 15.6. The highest BCUT2D eigenvalue weighted by Crippen LogP contribution is 2.54. The van der Waals surface area contributed by atoms with Crippen LogP contribution in [0.2, 0.25) is 0 Å². The highest BCUT2D eigenvalue weighted by Gasteiger charge is 2.48. The van der Waals surface area contributed by atoms with E-state index in [-0.39, 0.29) is 76.2 Å². The molecule has 0 radical (unpaired) electrons. The Labute approximate surface area is 459 Å². The van der Waals surface area contributed by atoms with Crippen LogP contribution in [0.15, 0.2) is 49.2 Å². The molecule has 0 spiro atoms. The summed E-state index contributed by atoms with van der Waals surface area (Å²) in [7, 11) is -15.9. The van der Waals surface area contributed by atoms with Gasteiger partial charge in [-0.2, -0.15) is 15.0 Å². The van der Waals surface area contributed by atoms with Crippen molar-refractivity contribution in [3.63, 3.8) is 0 Å². The van der Waals surface area contributed by atoms with Crippen LogP contribution in [-0.2, 0) is 59.8 Å². The molecule has 0 bridgehead atoms. The second kappa shape index (κ2) is 22.3. The largest absolute Gasteiger partial charge is 0.472 e. The average molecular weight is 1230 g/mol. The number of H-pyrrole nitrogens is 4. The Bertz CT molecular complexity index is 4090. The highest BCUT2D eigenvalue weighted by molar-refractivity contribution is 7.48. The molecule has 0 amide bonds. The minimum atomic E-state index is -5.42. The molecule has 43 heteroatoms. The lowest BCUT2D eigenvalue weighted by atomic mass is 10.2. The summed E-state index contributed by atoms with van der Waals surface area (Å²) in [6.07, 6.45) is -12.9. The summed E-state index contributed by atoms with van der Waals surface area (Å²) in [6.45, 7) is -2.01. The molecule has 15 atom stereocenters. The molecular formula is C40H50N17O23P3. The number of anilines is 3. The van der Waals surface area contributed by atoms with Gasteiger partial charge < -0.3 is 61.0 Å². The number of phosphoric acid groups is 3. The summed E-state index contributed by atoms with van der Waals surface area (Å²) in [5.41, 5.74) is 13.2. The second-order valence-corrected chi connectivity index (χ2v) is 23.5. The standard InChI is InChI=1S/C40H50N17O23P3/c1-14-6-54(40(64)53-33(14)60)24-3-16(19(7-58)74-24)78-82(67,68)72-9-21-18(5-26(76-21)57-13-46-29-32(57)49-39(43)52-36(29)63)80-83(69,70)73-10-22-17(4-25(77-22)56-12-45-28-31(56)48-38(42)51-35(28)62)79-81(65,66)71-8-20-15(59)2-23(75-20)55-11-44-27-30(55)47-37(41)50-34(27)61/h6,11-13,15-26,58-59H,2-5,7-10H2,1H3,(H,65,66)(H,67,68)(H,69,70)(H,53,60,64)(H3,41,47,50,61)(H3,42,48,51,62)(H3,43,49,52,63)/t15-,16-,17-,18-,19+,20+,21+,22+,23+,24+,25+,26+/m0/s1. The number of aryl methyl sites for hydroxylation is 1. The maximum absolute atomic E-state index is 14.1. The predicted octanol–water partition coefficient (Wildman–Crippen LogP) is -3.00. The van der Waals surface area contributed by atoms with Gasteiger partial charge in [0.05, 0.1) is 51.5 Å². The highest BCUT2D eigenvalue weighted by atomic mass is 31.2. The summed E-state index contributed by atoms with van der Waals surface area (Å²) in [5.74, 6) is -0.853. The first kappa shape index (κ1) is 58.0. The van der Waals surface area contributed by atoms with Gasteiger partial charge in [0, 0.05) is 37.4 Å². The number of hydrogen-bond acceptors (Lipinski definition) is 29. The molecule has 7 aromatic rings. The maximum atomic E-state index is 14.1. The molecule has 15 N–H and O–H groups in total. The van der Waals surface area contributed by atoms with Crippen molar-refractivity contribution in [1.29, 1.82) is 0 Å². The van der Waals surface area contributed by atoms with Gasteiger partial charge >= 0.3 is 29.2 Å². The molecule has 4 aliphatic rings. The fourth-order valence-electron chi connectivity index (χ4n) is 9.82. The normalized spacial score (nSPS) is 28.8. The number of hydrogen-bond donors (Lipinski definition) is 12. The summed E-state index contributed by atoms with van der Waals surface area (Å²) in [5, 5.41) is 21.0. The first-order chi connectivity index (χ1) is 39.3. The Morgan fingerprint density at radius 1 is 0.542 bits per heavy atom. The van der Waals surface area contributed by atoms with Crippen LogP contribution in [0, 0.1) is 6.92 Å². The van der Waals surface area contributed by atoms with Crippen molar-refractivity contribution < 1.29 is 84.7 Å². The minimum absolute atomic E-state index is 0.0293. The number of ether oxygens (including phenoxy) is 4. The predicted molar refractivity (Wildman–Crippen MR) is 273 cm³/mol. The average Bonchev–Trinajstić information content (AvgIpc) is 4.50. The van der Waals surface area contributed by atoms with Crippen molar-refractivity contribution in [1.82, 2.24) is 68.1 Å². The third-order valence-corrected chi connectivity index (χ3v) is 16.7. The van der Waals surface area contributed by atoms with Crippen LogP contribution in [0.1, 0.15) is 56.2 Å². The summed E-state index contributed by atoms with van der Waals surface area (Å²) in [6, 6.07) is 0. The van der Waals surface area contributed by atoms with E-state index in [1.807, 2.05) is 0 Å². The summed E-state index contributed by atoms with van der Waals surface area (Å²) >= 11 is 0. The second-order valence-electron chi connectivity index (χ2n) is 19.2. The first-order valence-electron chi connectivity index (χ1n) is 24.7. The van der Waals surface area contributed by atoms with Gasteiger partial charge in [0.2, 0.25) is 17.8 Å². The van der Waals surface area contributed by atoms with E-state index in [0.29, 0.717) is 0 Å². The number of aliphatic hydroxyl groups excluding tert-OH is 2. The molecule has 0 aliphatic carbocycles. The van der Waals surface area contributed by atoms with E-state index in [4.69, 9.17) is 63.3 Å². The molecule has 448 valence electrons. The van der Waals surface area contributed by atoms with Crippen molar-refractivity contribution >= 4 is 74.8 Å². The molecule has 3 unspecified atom stereocenters. The third-order valence-electron chi connectivity index (χ3n) is 13.7. The van der Waals surface area contributed by atoms with E-state index in [1.54, 1.807) is 0 Å². The number of aromatic nitrogens is 14. The van der Waals surface area contributed by atoms with Crippen LogP contribution in [0.4, 0.5) is 17.8 Å². The van der Waals surface area contributed by atoms with Crippen LogP contribution in [0.3, 0.4) is 0 Å². The van der Waals surface area contributed by atoms with Crippen LogP contribution in [-0.4, -0.2) is 168 Å². The Balaban J connectivity index is 0.796. The molecule has 4 aliphatic heterocycles.